The lowest BCUT2D eigenvalue weighted by Crippen LogP contribution is -2.10. The predicted molar refractivity (Wildman–Crippen MR) is 58.6 cm³/mol. The highest BCUT2D eigenvalue weighted by molar-refractivity contribution is 7.94. The van der Waals surface area contributed by atoms with Gasteiger partial charge in [-0.3, -0.25) is 0 Å². The molecule has 0 N–H and O–H groups in total. The van der Waals surface area contributed by atoms with Crippen LogP contribution in [0.4, 0.5) is 5.69 Å². The molecule has 0 saturated carbocycles. The van der Waals surface area contributed by atoms with Crippen molar-refractivity contribution in [2.75, 3.05) is 5.75 Å². The van der Waals surface area contributed by atoms with Gasteiger partial charge >= 0.3 is 0 Å². The summed E-state index contributed by atoms with van der Waals surface area (Å²) in [5, 5.41) is 0. The lowest BCUT2D eigenvalue weighted by Gasteiger charge is -2.14. The first-order valence-electron chi connectivity index (χ1n) is 4.55. The molecule has 1 unspecified atom stereocenters. The highest BCUT2D eigenvalue weighted by Gasteiger charge is 2.18. The number of para-hydroxylation sites is 1. The molecular weight excluding hydrogens is 196 g/mol. The second-order valence-corrected chi connectivity index (χ2v) is 5.63. The molecule has 0 fully saturated rings. The Kier molecular flexibility index (Phi) is 2.15. The van der Waals surface area contributed by atoms with Crippen LogP contribution in [-0.4, -0.2) is 15.8 Å². The number of hydrogen-bond acceptors (Lipinski definition) is 3. The molecule has 14 heavy (non-hydrogen) atoms. The largest absolute Gasteiger partial charge is 0.244 e. The Labute approximate surface area is 84.1 Å². The van der Waals surface area contributed by atoms with E-state index >= 15 is 0 Å². The molecule has 3 nitrogen and oxygen atoms in total. The second-order valence-electron chi connectivity index (χ2n) is 3.15. The molecule has 4 heteroatoms. The summed E-state index contributed by atoms with van der Waals surface area (Å²) in [7, 11) is -2.24. The minimum Gasteiger partial charge on any atom is -0.244 e. The molecule has 1 aromatic rings. The van der Waals surface area contributed by atoms with Gasteiger partial charge in [0.25, 0.3) is 0 Å². The Morgan fingerprint density at radius 1 is 1.36 bits per heavy atom. The third kappa shape index (κ3) is 1.35. The van der Waals surface area contributed by atoms with Gasteiger partial charge in [0.1, 0.15) is 5.84 Å². The molecule has 0 aromatic heterocycles. The summed E-state index contributed by atoms with van der Waals surface area (Å²) in [4.78, 5) is 5.03. The molecule has 1 aliphatic heterocycles. The Balaban J connectivity index is 2.79. The topological polar surface area (TPSA) is 41.8 Å². The fourth-order valence-corrected chi connectivity index (χ4v) is 3.23. The summed E-state index contributed by atoms with van der Waals surface area (Å²) in [5.41, 5.74) is 0.798. The first kappa shape index (κ1) is 9.40. The minimum absolute atomic E-state index is 0.539. The van der Waals surface area contributed by atoms with Crippen LogP contribution in [0.2, 0.25) is 0 Å². The van der Waals surface area contributed by atoms with Gasteiger partial charge in [-0.1, -0.05) is 19.1 Å². The van der Waals surface area contributed by atoms with Crippen molar-refractivity contribution in [3.8, 4) is 0 Å². The number of fused-ring (bicyclic) bond motifs is 1. The van der Waals surface area contributed by atoms with Gasteiger partial charge in [0.15, 0.2) is 0 Å². The summed E-state index contributed by atoms with van der Waals surface area (Å²) >= 11 is 0. The Bertz CT molecular complexity index is 511. The maximum Gasteiger partial charge on any atom is 0.136 e. The Hall–Kier alpha value is -1.16. The molecule has 0 bridgehead atoms. The lowest BCUT2D eigenvalue weighted by atomic mass is 10.3. The average Bonchev–Trinajstić information content (AvgIpc) is 2.17. The number of rotatable bonds is 1. The Morgan fingerprint density at radius 3 is 2.79 bits per heavy atom. The number of hydrogen-bond donors (Lipinski definition) is 0. The van der Waals surface area contributed by atoms with Gasteiger partial charge in [0.05, 0.1) is 20.3 Å². The van der Waals surface area contributed by atoms with Crippen molar-refractivity contribution in [3.05, 3.63) is 24.3 Å². The van der Waals surface area contributed by atoms with E-state index in [0.29, 0.717) is 11.6 Å². The van der Waals surface area contributed by atoms with Crippen LogP contribution in [0.5, 0.6) is 0 Å². The van der Waals surface area contributed by atoms with E-state index in [0.717, 1.165) is 10.6 Å². The summed E-state index contributed by atoms with van der Waals surface area (Å²) in [6.45, 7) is 3.67. The van der Waals surface area contributed by atoms with Crippen molar-refractivity contribution < 1.29 is 4.21 Å². The Morgan fingerprint density at radius 2 is 2.07 bits per heavy atom. The van der Waals surface area contributed by atoms with Crippen molar-refractivity contribution in [2.24, 2.45) is 9.36 Å². The summed E-state index contributed by atoms with van der Waals surface area (Å²) in [6.07, 6.45) is 0. The number of benzene rings is 1. The van der Waals surface area contributed by atoms with Crippen LogP contribution in [0, 0.1) is 0 Å². The first-order valence-corrected chi connectivity index (χ1v) is 6.23. The van der Waals surface area contributed by atoms with Crippen molar-refractivity contribution in [1.82, 2.24) is 0 Å². The van der Waals surface area contributed by atoms with Crippen LogP contribution in [0.25, 0.3) is 0 Å². The van der Waals surface area contributed by atoms with Gasteiger partial charge in [0.2, 0.25) is 0 Å². The normalized spacial score (nSPS) is 24.9. The van der Waals surface area contributed by atoms with E-state index in [4.69, 9.17) is 0 Å². The van der Waals surface area contributed by atoms with Crippen LogP contribution in [0.3, 0.4) is 0 Å². The smallest absolute Gasteiger partial charge is 0.136 e. The highest BCUT2D eigenvalue weighted by atomic mass is 32.2. The second kappa shape index (κ2) is 3.20. The number of amidine groups is 1. The standard InChI is InChI=1S/C10H12N2OS/c1-3-14(13)10-7-5-4-6-9(10)11-8(2)12-14/h4-7H,3H2,1-2H3. The fourth-order valence-electron chi connectivity index (χ4n) is 1.50. The zero-order chi connectivity index (χ0) is 10.2. The molecule has 1 aliphatic rings. The molecule has 2 rings (SSSR count). The monoisotopic (exact) mass is 208 g/mol. The minimum atomic E-state index is -2.24. The SMILES string of the molecule is CCS1(=O)=NC(C)=Nc2ccccc21. The van der Waals surface area contributed by atoms with Crippen LogP contribution < -0.4 is 0 Å². The number of aliphatic imine (C=N–C) groups is 1. The van der Waals surface area contributed by atoms with Crippen molar-refractivity contribution >= 4 is 21.3 Å². The van der Waals surface area contributed by atoms with Crippen LogP contribution >= 0.6 is 0 Å². The zero-order valence-corrected chi connectivity index (χ0v) is 9.04. The molecule has 0 aliphatic carbocycles. The number of nitrogens with zero attached hydrogens (tertiary/aromatic N) is 2. The third-order valence-corrected chi connectivity index (χ3v) is 4.54. The van der Waals surface area contributed by atoms with Gasteiger partial charge in [-0.25, -0.2) is 9.20 Å². The molecule has 0 saturated heterocycles. The van der Waals surface area contributed by atoms with Gasteiger partial charge < -0.3 is 0 Å². The van der Waals surface area contributed by atoms with Crippen molar-refractivity contribution in [2.45, 2.75) is 18.7 Å². The van der Waals surface area contributed by atoms with Gasteiger partial charge in [-0.05, 0) is 19.1 Å². The predicted octanol–water partition coefficient (Wildman–Crippen LogP) is 2.60. The van der Waals surface area contributed by atoms with Gasteiger partial charge in [0, 0.05) is 5.75 Å². The molecule has 0 radical (unpaired) electrons. The van der Waals surface area contributed by atoms with E-state index in [9.17, 15) is 4.21 Å². The van der Waals surface area contributed by atoms with Crippen LogP contribution in [0.15, 0.2) is 38.5 Å². The molecule has 0 spiro atoms. The summed E-state index contributed by atoms with van der Waals surface area (Å²) in [6, 6.07) is 7.50. The molecular formula is C10H12N2OS. The summed E-state index contributed by atoms with van der Waals surface area (Å²) < 4.78 is 16.5. The molecule has 1 atom stereocenters. The van der Waals surface area contributed by atoms with E-state index < -0.39 is 9.73 Å². The maximum absolute atomic E-state index is 12.4. The summed E-state index contributed by atoms with van der Waals surface area (Å²) in [5.74, 6) is 1.15. The lowest BCUT2D eigenvalue weighted by molar-refractivity contribution is 0.677. The average molecular weight is 208 g/mol. The van der Waals surface area contributed by atoms with Gasteiger partial charge in [-0.15, -0.1) is 0 Å². The van der Waals surface area contributed by atoms with E-state index in [1.54, 1.807) is 6.92 Å². The van der Waals surface area contributed by atoms with Crippen molar-refractivity contribution in [1.29, 1.82) is 0 Å². The van der Waals surface area contributed by atoms with Crippen LogP contribution in [0.1, 0.15) is 13.8 Å². The fraction of sp³-hybridized carbons (Fsp3) is 0.300. The van der Waals surface area contributed by atoms with E-state index in [1.165, 1.54) is 0 Å². The van der Waals surface area contributed by atoms with E-state index in [1.807, 2.05) is 31.2 Å². The quantitative estimate of drug-likeness (QED) is 0.699. The highest BCUT2D eigenvalue weighted by Crippen LogP contribution is 2.29. The zero-order valence-electron chi connectivity index (χ0n) is 8.23. The first-order chi connectivity index (χ1) is 6.65. The van der Waals surface area contributed by atoms with Gasteiger partial charge in [-0.2, -0.15) is 4.36 Å². The third-order valence-electron chi connectivity index (χ3n) is 2.16. The van der Waals surface area contributed by atoms with Crippen molar-refractivity contribution in [3.63, 3.8) is 0 Å². The van der Waals surface area contributed by atoms with Crippen LogP contribution in [-0.2, 0) is 9.73 Å². The van der Waals surface area contributed by atoms with E-state index in [2.05, 4.69) is 9.36 Å². The molecule has 0 amide bonds. The van der Waals surface area contributed by atoms with E-state index in [-0.39, 0.29) is 0 Å². The molecule has 1 heterocycles. The molecule has 74 valence electrons. The molecule has 1 aromatic carbocycles. The maximum atomic E-state index is 12.4.